The average molecular weight is 313 g/mol. The largest absolute Gasteiger partial charge is 0.368 e. The van der Waals surface area contributed by atoms with E-state index in [1.807, 2.05) is 12.1 Å². The SMILES string of the molecule is Nc1ncc(Sc2ccc(Cl)cc2)c(NCC(O)O)n1. The van der Waals surface area contributed by atoms with Crippen LogP contribution in [0.5, 0.6) is 0 Å². The Morgan fingerprint density at radius 3 is 2.65 bits per heavy atom. The summed E-state index contributed by atoms with van der Waals surface area (Å²) in [5, 5.41) is 21.2. The number of aromatic nitrogens is 2. The van der Waals surface area contributed by atoms with Crippen molar-refractivity contribution in [3.63, 3.8) is 0 Å². The summed E-state index contributed by atoms with van der Waals surface area (Å²) in [5.74, 6) is 0.561. The van der Waals surface area contributed by atoms with Gasteiger partial charge in [0, 0.05) is 16.1 Å². The van der Waals surface area contributed by atoms with Crippen molar-refractivity contribution < 1.29 is 10.2 Å². The summed E-state index contributed by atoms with van der Waals surface area (Å²) in [6.07, 6.45) is 0.104. The summed E-state index contributed by atoms with van der Waals surface area (Å²) in [4.78, 5) is 9.66. The molecule has 0 unspecified atom stereocenters. The molecule has 0 amide bonds. The first kappa shape index (κ1) is 14.9. The molecular weight excluding hydrogens is 300 g/mol. The first-order valence-electron chi connectivity index (χ1n) is 5.70. The summed E-state index contributed by atoms with van der Waals surface area (Å²) >= 11 is 7.25. The summed E-state index contributed by atoms with van der Waals surface area (Å²) in [6, 6.07) is 7.31. The molecule has 6 nitrogen and oxygen atoms in total. The molecule has 106 valence electrons. The number of benzene rings is 1. The zero-order chi connectivity index (χ0) is 14.5. The number of nitrogens with two attached hydrogens (primary N) is 1. The monoisotopic (exact) mass is 312 g/mol. The van der Waals surface area contributed by atoms with Crippen molar-refractivity contribution in [1.82, 2.24) is 9.97 Å². The van der Waals surface area contributed by atoms with Gasteiger partial charge in [-0.1, -0.05) is 23.4 Å². The minimum atomic E-state index is -1.47. The molecule has 0 atom stereocenters. The molecule has 0 fully saturated rings. The first-order chi connectivity index (χ1) is 9.54. The molecule has 0 spiro atoms. The second-order valence-electron chi connectivity index (χ2n) is 3.86. The van der Waals surface area contributed by atoms with Gasteiger partial charge in [0.2, 0.25) is 5.95 Å². The van der Waals surface area contributed by atoms with Gasteiger partial charge in [-0.3, -0.25) is 0 Å². The second-order valence-corrected chi connectivity index (χ2v) is 5.41. The van der Waals surface area contributed by atoms with Crippen LogP contribution in [-0.4, -0.2) is 33.0 Å². The number of hydrogen-bond donors (Lipinski definition) is 4. The molecule has 0 aliphatic rings. The molecule has 1 heterocycles. The van der Waals surface area contributed by atoms with Crippen LogP contribution in [0.2, 0.25) is 5.02 Å². The number of nitrogen functional groups attached to an aromatic ring is 1. The minimum absolute atomic E-state index is 0.0510. The Morgan fingerprint density at radius 2 is 2.00 bits per heavy atom. The third kappa shape index (κ3) is 4.24. The quantitative estimate of drug-likeness (QED) is 0.621. The molecule has 0 aliphatic heterocycles. The van der Waals surface area contributed by atoms with E-state index in [2.05, 4.69) is 15.3 Å². The van der Waals surface area contributed by atoms with Gasteiger partial charge >= 0.3 is 0 Å². The Kier molecular flexibility index (Phi) is 5.02. The third-order valence-electron chi connectivity index (χ3n) is 2.27. The number of aliphatic hydroxyl groups is 2. The van der Waals surface area contributed by atoms with Crippen molar-refractivity contribution >= 4 is 35.1 Å². The van der Waals surface area contributed by atoms with E-state index in [0.29, 0.717) is 10.8 Å². The van der Waals surface area contributed by atoms with Gasteiger partial charge in [-0.2, -0.15) is 4.98 Å². The van der Waals surface area contributed by atoms with Crippen molar-refractivity contribution in [2.75, 3.05) is 17.6 Å². The third-order valence-corrected chi connectivity index (χ3v) is 3.55. The number of nitrogens with zero attached hydrogens (tertiary/aromatic N) is 2. The zero-order valence-electron chi connectivity index (χ0n) is 10.3. The smallest absolute Gasteiger partial charge is 0.221 e. The van der Waals surface area contributed by atoms with Crippen molar-refractivity contribution in [3.05, 3.63) is 35.5 Å². The van der Waals surface area contributed by atoms with Crippen LogP contribution >= 0.6 is 23.4 Å². The van der Waals surface area contributed by atoms with Crippen molar-refractivity contribution in [2.24, 2.45) is 0 Å². The Labute approximate surface area is 125 Å². The van der Waals surface area contributed by atoms with Crippen LogP contribution in [0, 0.1) is 0 Å². The number of rotatable bonds is 5. The Bertz CT molecular complexity index is 580. The van der Waals surface area contributed by atoms with Crippen LogP contribution in [0.3, 0.4) is 0 Å². The molecule has 1 aromatic heterocycles. The molecule has 20 heavy (non-hydrogen) atoms. The maximum Gasteiger partial charge on any atom is 0.221 e. The van der Waals surface area contributed by atoms with Gasteiger partial charge in [0.05, 0.1) is 11.4 Å². The van der Waals surface area contributed by atoms with E-state index in [9.17, 15) is 0 Å². The van der Waals surface area contributed by atoms with E-state index >= 15 is 0 Å². The number of anilines is 2. The predicted octanol–water partition coefficient (Wildman–Crippen LogP) is 1.59. The Morgan fingerprint density at radius 1 is 1.30 bits per heavy atom. The lowest BCUT2D eigenvalue weighted by molar-refractivity contribution is -0.0276. The molecule has 8 heteroatoms. The lowest BCUT2D eigenvalue weighted by Crippen LogP contribution is -2.19. The number of halogens is 1. The Balaban J connectivity index is 2.19. The molecule has 5 N–H and O–H groups in total. The lowest BCUT2D eigenvalue weighted by atomic mass is 10.4. The van der Waals surface area contributed by atoms with Crippen molar-refractivity contribution in [1.29, 1.82) is 0 Å². The highest BCUT2D eigenvalue weighted by molar-refractivity contribution is 7.99. The highest BCUT2D eigenvalue weighted by Crippen LogP contribution is 2.32. The summed E-state index contributed by atoms with van der Waals surface area (Å²) in [6.45, 7) is -0.0510. The molecule has 0 saturated heterocycles. The van der Waals surface area contributed by atoms with Crippen LogP contribution in [0.1, 0.15) is 0 Å². The van der Waals surface area contributed by atoms with Crippen molar-refractivity contribution in [3.8, 4) is 0 Å². The average Bonchev–Trinajstić information content (AvgIpc) is 2.41. The number of aliphatic hydroxyl groups excluding tert-OH is 1. The standard InChI is InChI=1S/C12H13ClN4O2S/c13-7-1-3-8(4-2-7)20-9-5-16-12(14)17-11(9)15-6-10(18)19/h1-5,10,18-19H,6H2,(H3,14,15,16,17). The van der Waals surface area contributed by atoms with E-state index in [-0.39, 0.29) is 12.5 Å². The van der Waals surface area contributed by atoms with E-state index in [1.165, 1.54) is 11.8 Å². The fourth-order valence-corrected chi connectivity index (χ4v) is 2.38. The predicted molar refractivity (Wildman–Crippen MR) is 78.7 cm³/mol. The molecule has 1 aromatic carbocycles. The molecule has 2 aromatic rings. The lowest BCUT2D eigenvalue weighted by Gasteiger charge is -2.11. The fourth-order valence-electron chi connectivity index (χ4n) is 1.40. The zero-order valence-corrected chi connectivity index (χ0v) is 11.9. The molecule has 0 radical (unpaired) electrons. The van der Waals surface area contributed by atoms with Gasteiger partial charge in [0.15, 0.2) is 6.29 Å². The maximum atomic E-state index is 8.89. The highest BCUT2D eigenvalue weighted by Gasteiger charge is 2.09. The second kappa shape index (κ2) is 6.76. The first-order valence-corrected chi connectivity index (χ1v) is 6.90. The summed E-state index contributed by atoms with van der Waals surface area (Å²) in [7, 11) is 0. The molecule has 2 rings (SSSR count). The van der Waals surface area contributed by atoms with Gasteiger partial charge < -0.3 is 21.3 Å². The van der Waals surface area contributed by atoms with E-state index in [0.717, 1.165) is 9.79 Å². The molecule has 0 bridgehead atoms. The minimum Gasteiger partial charge on any atom is -0.368 e. The van der Waals surface area contributed by atoms with Gasteiger partial charge in [0.25, 0.3) is 0 Å². The van der Waals surface area contributed by atoms with Gasteiger partial charge in [-0.25, -0.2) is 4.98 Å². The van der Waals surface area contributed by atoms with Gasteiger partial charge in [-0.05, 0) is 24.3 Å². The van der Waals surface area contributed by atoms with Crippen LogP contribution in [0.15, 0.2) is 40.3 Å². The van der Waals surface area contributed by atoms with E-state index < -0.39 is 6.29 Å². The van der Waals surface area contributed by atoms with Crippen LogP contribution in [-0.2, 0) is 0 Å². The highest BCUT2D eigenvalue weighted by atomic mass is 35.5. The van der Waals surface area contributed by atoms with Crippen LogP contribution in [0.4, 0.5) is 11.8 Å². The van der Waals surface area contributed by atoms with Gasteiger partial charge in [-0.15, -0.1) is 0 Å². The Hall–Kier alpha value is -1.54. The number of nitrogens with one attached hydrogen (secondary N) is 1. The summed E-state index contributed by atoms with van der Waals surface area (Å²) in [5.41, 5.74) is 5.53. The fraction of sp³-hybridized carbons (Fsp3) is 0.167. The van der Waals surface area contributed by atoms with Gasteiger partial charge in [0.1, 0.15) is 5.82 Å². The maximum absolute atomic E-state index is 8.89. The molecular formula is C12H13ClN4O2S. The number of hydrogen-bond acceptors (Lipinski definition) is 7. The van der Waals surface area contributed by atoms with E-state index in [1.54, 1.807) is 18.3 Å². The van der Waals surface area contributed by atoms with Crippen molar-refractivity contribution in [2.45, 2.75) is 16.1 Å². The normalized spacial score (nSPS) is 10.8. The van der Waals surface area contributed by atoms with E-state index in [4.69, 9.17) is 27.5 Å². The topological polar surface area (TPSA) is 104 Å². The van der Waals surface area contributed by atoms with Crippen LogP contribution < -0.4 is 11.1 Å². The van der Waals surface area contributed by atoms with Crippen LogP contribution in [0.25, 0.3) is 0 Å². The molecule has 0 saturated carbocycles. The summed E-state index contributed by atoms with van der Waals surface area (Å²) < 4.78 is 0. The molecule has 0 aliphatic carbocycles.